The highest BCUT2D eigenvalue weighted by molar-refractivity contribution is 5.98. The molecular formula is C30H34N2O3. The third-order valence-corrected chi connectivity index (χ3v) is 8.22. The number of carbonyl (C=O) groups excluding carboxylic acids is 1. The van der Waals surface area contributed by atoms with Crippen molar-refractivity contribution in [3.05, 3.63) is 90.5 Å². The van der Waals surface area contributed by atoms with E-state index in [9.17, 15) is 9.90 Å². The van der Waals surface area contributed by atoms with Crippen LogP contribution in [0.3, 0.4) is 0 Å². The van der Waals surface area contributed by atoms with Gasteiger partial charge in [-0.25, -0.2) is 0 Å². The van der Waals surface area contributed by atoms with Gasteiger partial charge in [-0.3, -0.25) is 9.69 Å². The molecule has 1 aliphatic heterocycles. The minimum Gasteiger partial charge on any atom is -0.508 e. The predicted molar refractivity (Wildman–Crippen MR) is 140 cm³/mol. The smallest absolute Gasteiger partial charge is 0.251 e. The van der Waals surface area contributed by atoms with Gasteiger partial charge in [0.05, 0.1) is 5.60 Å². The molecule has 35 heavy (non-hydrogen) atoms. The van der Waals surface area contributed by atoms with Gasteiger partial charge in [-0.05, 0) is 72.8 Å². The van der Waals surface area contributed by atoms with E-state index in [4.69, 9.17) is 4.74 Å². The lowest BCUT2D eigenvalue weighted by atomic mass is 9.55. The summed E-state index contributed by atoms with van der Waals surface area (Å²) in [6.45, 7) is 6.46. The van der Waals surface area contributed by atoms with Crippen LogP contribution in [0, 0.1) is 0 Å². The molecule has 1 aliphatic carbocycles. The van der Waals surface area contributed by atoms with Crippen LogP contribution in [0.4, 0.5) is 0 Å². The second-order valence-corrected chi connectivity index (χ2v) is 10.1. The van der Waals surface area contributed by atoms with Gasteiger partial charge in [-0.2, -0.15) is 0 Å². The number of aromatic hydroxyl groups is 1. The fraction of sp³-hybridized carbons (Fsp3) is 0.367. The number of phenols is 1. The van der Waals surface area contributed by atoms with Crippen LogP contribution >= 0.6 is 0 Å². The van der Waals surface area contributed by atoms with Crippen molar-refractivity contribution in [2.24, 2.45) is 0 Å². The van der Waals surface area contributed by atoms with Gasteiger partial charge in [0.1, 0.15) is 5.75 Å². The second kappa shape index (κ2) is 9.48. The van der Waals surface area contributed by atoms with Crippen molar-refractivity contribution in [3.8, 4) is 5.75 Å². The molecule has 3 aromatic rings. The molecule has 2 fully saturated rings. The van der Waals surface area contributed by atoms with Gasteiger partial charge in [-0.1, -0.05) is 48.5 Å². The van der Waals surface area contributed by atoms with Crippen molar-refractivity contribution in [1.82, 2.24) is 10.2 Å². The molecule has 0 bridgehead atoms. The first-order valence-corrected chi connectivity index (χ1v) is 12.5. The van der Waals surface area contributed by atoms with E-state index < -0.39 is 5.60 Å². The number of hydrogen-bond donors (Lipinski definition) is 2. The quantitative estimate of drug-likeness (QED) is 0.496. The number of fused-ring (bicyclic) bond motifs is 2. The van der Waals surface area contributed by atoms with E-state index in [-0.39, 0.29) is 23.1 Å². The Hall–Kier alpha value is -3.15. The number of ether oxygens (including phenoxy) is 1. The molecule has 1 saturated carbocycles. The highest BCUT2D eigenvalue weighted by Gasteiger charge is 2.58. The third kappa shape index (κ3) is 4.24. The van der Waals surface area contributed by atoms with Crippen LogP contribution in [0.5, 0.6) is 5.75 Å². The minimum absolute atomic E-state index is 0.0190. The molecular weight excluding hydrogens is 436 g/mol. The summed E-state index contributed by atoms with van der Waals surface area (Å²) in [6, 6.07) is 21.6. The zero-order valence-corrected chi connectivity index (χ0v) is 20.4. The van der Waals surface area contributed by atoms with Crippen LogP contribution in [0.2, 0.25) is 0 Å². The fourth-order valence-corrected chi connectivity index (χ4v) is 6.46. The van der Waals surface area contributed by atoms with Crippen molar-refractivity contribution in [2.45, 2.75) is 42.7 Å². The Labute approximate surface area is 207 Å². The van der Waals surface area contributed by atoms with E-state index in [1.165, 1.54) is 0 Å². The lowest BCUT2D eigenvalue weighted by Gasteiger charge is -2.59. The molecule has 2 N–H and O–H groups in total. The SMILES string of the molecule is C=CCN1CC[C@@]2(c3cccc(O)c3)C[C@@H](NC(=O)c3ccc4ccccc4c3)CC[C@]2(OC)C1. The molecule has 5 heteroatoms. The number of piperidine rings is 1. The highest BCUT2D eigenvalue weighted by atomic mass is 16.5. The van der Waals surface area contributed by atoms with Crippen molar-refractivity contribution < 1.29 is 14.6 Å². The number of amides is 1. The van der Waals surface area contributed by atoms with Crippen LogP contribution in [0.1, 0.15) is 41.6 Å². The molecule has 2 aliphatic rings. The Morgan fingerprint density at radius 1 is 1.14 bits per heavy atom. The molecule has 1 saturated heterocycles. The molecule has 1 heterocycles. The number of nitrogens with zero attached hydrogens (tertiary/aromatic N) is 1. The maximum absolute atomic E-state index is 13.3. The van der Waals surface area contributed by atoms with Gasteiger partial charge in [-0.15, -0.1) is 6.58 Å². The summed E-state index contributed by atoms with van der Waals surface area (Å²) in [6.07, 6.45) is 5.28. The van der Waals surface area contributed by atoms with Gasteiger partial charge in [0.2, 0.25) is 0 Å². The lowest BCUT2D eigenvalue weighted by Crippen LogP contribution is -2.67. The average molecular weight is 471 g/mol. The van der Waals surface area contributed by atoms with E-state index in [2.05, 4.69) is 28.9 Å². The van der Waals surface area contributed by atoms with E-state index in [1.54, 1.807) is 6.07 Å². The maximum atomic E-state index is 13.3. The van der Waals surface area contributed by atoms with Crippen LogP contribution in [-0.2, 0) is 10.2 Å². The van der Waals surface area contributed by atoms with E-state index in [1.807, 2.05) is 61.7 Å². The van der Waals surface area contributed by atoms with Crippen LogP contribution in [0.25, 0.3) is 10.8 Å². The fourth-order valence-electron chi connectivity index (χ4n) is 6.46. The number of rotatable bonds is 6. The number of phenolic OH excluding ortho intramolecular Hbond substituents is 1. The largest absolute Gasteiger partial charge is 0.508 e. The molecule has 0 unspecified atom stereocenters. The minimum atomic E-state index is -0.397. The van der Waals surface area contributed by atoms with Gasteiger partial charge >= 0.3 is 0 Å². The topological polar surface area (TPSA) is 61.8 Å². The van der Waals surface area contributed by atoms with Crippen LogP contribution in [-0.4, -0.2) is 54.3 Å². The van der Waals surface area contributed by atoms with Crippen molar-refractivity contribution in [1.29, 1.82) is 0 Å². The predicted octanol–water partition coefficient (Wildman–Crippen LogP) is 5.04. The van der Waals surface area contributed by atoms with Crippen LogP contribution in [0.15, 0.2) is 79.4 Å². The molecule has 0 radical (unpaired) electrons. The average Bonchev–Trinajstić information content (AvgIpc) is 2.88. The zero-order valence-electron chi connectivity index (χ0n) is 20.4. The van der Waals surface area contributed by atoms with Crippen molar-refractivity contribution >= 4 is 16.7 Å². The standard InChI is InChI=1S/C30H34N2O3/c1-3-16-32-17-15-29(25-9-6-10-27(33)19-25)20-26(13-14-30(29,21-32)35-2)31-28(34)24-12-11-22-7-4-5-8-23(22)18-24/h3-12,18-19,26,33H,1,13-17,20-21H2,2H3,(H,31,34)/t26-,29-,30-/m0/s1. The van der Waals surface area contributed by atoms with Gasteiger partial charge in [0.15, 0.2) is 0 Å². The maximum Gasteiger partial charge on any atom is 0.251 e. The number of likely N-dealkylation sites (tertiary alicyclic amines) is 1. The summed E-state index contributed by atoms with van der Waals surface area (Å²) in [7, 11) is 1.81. The summed E-state index contributed by atoms with van der Waals surface area (Å²) >= 11 is 0. The molecule has 0 spiro atoms. The van der Waals surface area contributed by atoms with E-state index >= 15 is 0 Å². The number of hydrogen-bond acceptors (Lipinski definition) is 4. The lowest BCUT2D eigenvalue weighted by molar-refractivity contribution is -0.146. The molecule has 5 nitrogen and oxygen atoms in total. The van der Waals surface area contributed by atoms with Gasteiger partial charge in [0.25, 0.3) is 5.91 Å². The molecule has 3 aromatic carbocycles. The second-order valence-electron chi connectivity index (χ2n) is 10.1. The summed E-state index contributed by atoms with van der Waals surface area (Å²) < 4.78 is 6.37. The Morgan fingerprint density at radius 2 is 1.97 bits per heavy atom. The van der Waals surface area contributed by atoms with E-state index in [0.717, 1.165) is 61.7 Å². The Morgan fingerprint density at radius 3 is 2.74 bits per heavy atom. The summed E-state index contributed by atoms with van der Waals surface area (Å²) in [5, 5.41) is 15.9. The van der Waals surface area contributed by atoms with Crippen molar-refractivity contribution in [2.75, 3.05) is 26.7 Å². The molecule has 1 amide bonds. The zero-order chi connectivity index (χ0) is 24.5. The monoisotopic (exact) mass is 470 g/mol. The van der Waals surface area contributed by atoms with Crippen LogP contribution < -0.4 is 5.32 Å². The van der Waals surface area contributed by atoms with Crippen molar-refractivity contribution in [3.63, 3.8) is 0 Å². The Kier molecular flexibility index (Phi) is 6.39. The Bertz CT molecular complexity index is 1240. The first-order valence-electron chi connectivity index (χ1n) is 12.5. The molecule has 5 rings (SSSR count). The number of benzene rings is 3. The molecule has 0 aromatic heterocycles. The summed E-state index contributed by atoms with van der Waals surface area (Å²) in [5.74, 6) is 0.221. The number of carbonyl (C=O) groups is 1. The molecule has 3 atom stereocenters. The first kappa shape index (κ1) is 23.6. The summed E-state index contributed by atoms with van der Waals surface area (Å²) in [4.78, 5) is 15.7. The Balaban J connectivity index is 1.45. The van der Waals surface area contributed by atoms with Gasteiger partial charge in [0, 0.05) is 37.2 Å². The van der Waals surface area contributed by atoms with Gasteiger partial charge < -0.3 is 15.2 Å². The number of methoxy groups -OCH3 is 1. The number of nitrogens with one attached hydrogen (secondary N) is 1. The first-order chi connectivity index (χ1) is 17.0. The normalized spacial score (nSPS) is 26.7. The summed E-state index contributed by atoms with van der Waals surface area (Å²) in [5.41, 5.74) is 1.06. The van der Waals surface area contributed by atoms with E-state index in [0.29, 0.717) is 5.56 Å². The third-order valence-electron chi connectivity index (χ3n) is 8.22. The molecule has 182 valence electrons. The highest BCUT2D eigenvalue weighted by Crippen LogP contribution is 2.53.